The van der Waals surface area contributed by atoms with Gasteiger partial charge in [0.2, 0.25) is 0 Å². The Morgan fingerprint density at radius 2 is 1.83 bits per heavy atom. The Labute approximate surface area is 168 Å². The molecule has 1 aliphatic carbocycles. The lowest BCUT2D eigenvalue weighted by atomic mass is 10.2. The van der Waals surface area contributed by atoms with Crippen LogP contribution in [0.1, 0.15) is 34.9 Å². The molecule has 1 N–H and O–H groups in total. The zero-order valence-electron chi connectivity index (χ0n) is 16.0. The number of anilines is 1. The molecule has 1 aliphatic rings. The third kappa shape index (κ3) is 4.29. The number of amides is 1. The first-order chi connectivity index (χ1) is 14.2. The van der Waals surface area contributed by atoms with Crippen LogP contribution in [0, 0.1) is 0 Å². The third-order valence-corrected chi connectivity index (χ3v) is 4.65. The van der Waals surface area contributed by atoms with Crippen LogP contribution in [0.15, 0.2) is 60.7 Å². The van der Waals surface area contributed by atoms with Crippen molar-refractivity contribution in [3.8, 4) is 11.4 Å². The molecule has 0 aliphatic heterocycles. The summed E-state index contributed by atoms with van der Waals surface area (Å²) in [4.78, 5) is 24.9. The second-order valence-corrected chi connectivity index (χ2v) is 6.80. The molecule has 1 heterocycles. The maximum Gasteiger partial charge on any atom is 0.357 e. The zero-order chi connectivity index (χ0) is 20.2. The van der Waals surface area contributed by atoms with Crippen LogP contribution < -0.4 is 10.1 Å². The van der Waals surface area contributed by atoms with Gasteiger partial charge < -0.3 is 14.8 Å². The highest BCUT2D eigenvalue weighted by atomic mass is 16.5. The lowest BCUT2D eigenvalue weighted by Crippen LogP contribution is -2.22. The van der Waals surface area contributed by atoms with E-state index >= 15 is 0 Å². The summed E-state index contributed by atoms with van der Waals surface area (Å²) in [7, 11) is 1.52. The van der Waals surface area contributed by atoms with Crippen LogP contribution >= 0.6 is 0 Å². The van der Waals surface area contributed by atoms with E-state index in [1.807, 2.05) is 30.3 Å². The average molecular weight is 391 g/mol. The number of carbonyl (C=O) groups excluding carboxylic acids is 2. The number of nitrogens with zero attached hydrogens (tertiary/aromatic N) is 2. The largest absolute Gasteiger partial charge is 0.495 e. The highest BCUT2D eigenvalue weighted by Gasteiger charge is 2.29. The fourth-order valence-electron chi connectivity index (χ4n) is 3.03. The molecule has 1 aromatic heterocycles. The number of carbonyl (C=O) groups is 2. The van der Waals surface area contributed by atoms with Crippen LogP contribution in [-0.2, 0) is 9.53 Å². The minimum atomic E-state index is -0.594. The molecule has 4 rings (SSSR count). The molecule has 1 amide bonds. The van der Waals surface area contributed by atoms with Crippen LogP contribution in [0.3, 0.4) is 0 Å². The summed E-state index contributed by atoms with van der Waals surface area (Å²) in [6, 6.07) is 18.2. The van der Waals surface area contributed by atoms with Crippen LogP contribution in [0.2, 0.25) is 0 Å². The summed E-state index contributed by atoms with van der Waals surface area (Å²) in [5, 5.41) is 7.26. The molecule has 0 unspecified atom stereocenters. The molecule has 7 nitrogen and oxygen atoms in total. The third-order valence-electron chi connectivity index (χ3n) is 4.65. The van der Waals surface area contributed by atoms with Gasteiger partial charge in [-0.3, -0.25) is 4.79 Å². The van der Waals surface area contributed by atoms with Crippen molar-refractivity contribution < 1.29 is 19.1 Å². The summed E-state index contributed by atoms with van der Waals surface area (Å²) in [5.74, 6) is -0.122. The molecular formula is C22H21N3O4. The summed E-state index contributed by atoms with van der Waals surface area (Å²) in [6.07, 6.45) is 2.14. The first-order valence-corrected chi connectivity index (χ1v) is 9.41. The van der Waals surface area contributed by atoms with Gasteiger partial charge in [-0.1, -0.05) is 30.3 Å². The van der Waals surface area contributed by atoms with Crippen molar-refractivity contribution in [3.05, 3.63) is 72.1 Å². The number of methoxy groups -OCH3 is 1. The predicted octanol–water partition coefficient (Wildman–Crippen LogP) is 3.55. The number of hydrogen-bond donors (Lipinski definition) is 1. The molecule has 3 aromatic rings. The van der Waals surface area contributed by atoms with E-state index in [2.05, 4.69) is 10.4 Å². The smallest absolute Gasteiger partial charge is 0.357 e. The molecule has 2 aromatic carbocycles. The maximum atomic E-state index is 12.7. The Hall–Kier alpha value is -3.61. The standard InChI is InChI=1S/C22H21N3O4/c1-28-20-10-6-5-9-17(20)23-21(26)14-29-22(27)19-13-18(15-11-12-15)24-25(19)16-7-3-2-4-8-16/h2-10,13,15H,11-12,14H2,1H3,(H,23,26). The van der Waals surface area contributed by atoms with Gasteiger partial charge in [-0.25, -0.2) is 9.48 Å². The van der Waals surface area contributed by atoms with Crippen molar-refractivity contribution >= 4 is 17.6 Å². The maximum absolute atomic E-state index is 12.7. The van der Waals surface area contributed by atoms with Crippen LogP contribution in [0.25, 0.3) is 5.69 Å². The van der Waals surface area contributed by atoms with Crippen LogP contribution in [0.5, 0.6) is 5.75 Å². The van der Waals surface area contributed by atoms with Crippen LogP contribution in [-0.4, -0.2) is 35.4 Å². The van der Waals surface area contributed by atoms with E-state index < -0.39 is 18.5 Å². The van der Waals surface area contributed by atoms with E-state index in [0.29, 0.717) is 23.0 Å². The quantitative estimate of drug-likeness (QED) is 0.623. The first-order valence-electron chi connectivity index (χ1n) is 9.41. The fraction of sp³-hybridized carbons (Fsp3) is 0.227. The SMILES string of the molecule is COc1ccccc1NC(=O)COC(=O)c1cc(C2CC2)nn1-c1ccccc1. The number of para-hydroxylation sites is 3. The van der Waals surface area contributed by atoms with Crippen molar-refractivity contribution in [2.24, 2.45) is 0 Å². The summed E-state index contributed by atoms with van der Waals surface area (Å²) >= 11 is 0. The molecule has 0 spiro atoms. The molecule has 7 heteroatoms. The Morgan fingerprint density at radius 3 is 2.55 bits per heavy atom. The van der Waals surface area contributed by atoms with Crippen LogP contribution in [0.4, 0.5) is 5.69 Å². The molecule has 1 saturated carbocycles. The van der Waals surface area contributed by atoms with E-state index in [1.165, 1.54) is 7.11 Å². The predicted molar refractivity (Wildman–Crippen MR) is 107 cm³/mol. The van der Waals surface area contributed by atoms with Gasteiger partial charge in [-0.2, -0.15) is 5.10 Å². The van der Waals surface area contributed by atoms with Gasteiger partial charge >= 0.3 is 5.97 Å². The van der Waals surface area contributed by atoms with Gasteiger partial charge in [-0.05, 0) is 43.2 Å². The zero-order valence-corrected chi connectivity index (χ0v) is 16.0. The van der Waals surface area contributed by atoms with Gasteiger partial charge in [0, 0.05) is 5.92 Å². The monoisotopic (exact) mass is 391 g/mol. The Morgan fingerprint density at radius 1 is 1.10 bits per heavy atom. The van der Waals surface area contributed by atoms with E-state index in [0.717, 1.165) is 24.2 Å². The van der Waals surface area contributed by atoms with Crippen molar-refractivity contribution in [1.29, 1.82) is 0 Å². The van der Waals surface area contributed by atoms with E-state index in [-0.39, 0.29) is 0 Å². The molecular weight excluding hydrogens is 370 g/mol. The minimum absolute atomic E-state index is 0.309. The first kappa shape index (κ1) is 18.7. The Kier molecular flexibility index (Phi) is 5.29. The van der Waals surface area contributed by atoms with Gasteiger partial charge in [0.15, 0.2) is 12.3 Å². The molecule has 0 radical (unpaired) electrons. The minimum Gasteiger partial charge on any atom is -0.495 e. The number of esters is 1. The van der Waals surface area contributed by atoms with Crippen molar-refractivity contribution in [2.75, 3.05) is 19.0 Å². The topological polar surface area (TPSA) is 82.4 Å². The molecule has 0 atom stereocenters. The van der Waals surface area contributed by atoms with Crippen molar-refractivity contribution in [3.63, 3.8) is 0 Å². The number of benzene rings is 2. The van der Waals surface area contributed by atoms with Gasteiger partial charge in [0.05, 0.1) is 24.2 Å². The van der Waals surface area contributed by atoms with Gasteiger partial charge in [0.25, 0.3) is 5.91 Å². The number of nitrogens with one attached hydrogen (secondary N) is 1. The van der Waals surface area contributed by atoms with Gasteiger partial charge in [-0.15, -0.1) is 0 Å². The summed E-state index contributed by atoms with van der Waals surface area (Å²) < 4.78 is 12.0. The normalized spacial score (nSPS) is 13.0. The van der Waals surface area contributed by atoms with E-state index in [4.69, 9.17) is 9.47 Å². The molecule has 148 valence electrons. The second-order valence-electron chi connectivity index (χ2n) is 6.80. The summed E-state index contributed by atoms with van der Waals surface area (Å²) in [6.45, 7) is -0.407. The lowest BCUT2D eigenvalue weighted by molar-refractivity contribution is -0.119. The number of hydrogen-bond acceptors (Lipinski definition) is 5. The second kappa shape index (κ2) is 8.18. The Bertz CT molecular complexity index is 1030. The van der Waals surface area contributed by atoms with Crippen molar-refractivity contribution in [2.45, 2.75) is 18.8 Å². The molecule has 0 saturated heterocycles. The lowest BCUT2D eigenvalue weighted by Gasteiger charge is -2.10. The fourth-order valence-corrected chi connectivity index (χ4v) is 3.03. The van der Waals surface area contributed by atoms with E-state index in [1.54, 1.807) is 35.0 Å². The molecule has 29 heavy (non-hydrogen) atoms. The highest BCUT2D eigenvalue weighted by Crippen LogP contribution is 2.39. The highest BCUT2D eigenvalue weighted by molar-refractivity contribution is 5.96. The van der Waals surface area contributed by atoms with E-state index in [9.17, 15) is 9.59 Å². The summed E-state index contributed by atoms with van der Waals surface area (Å²) in [5.41, 5.74) is 2.47. The molecule has 0 bridgehead atoms. The average Bonchev–Trinajstić information content (AvgIpc) is 3.51. The van der Waals surface area contributed by atoms with Gasteiger partial charge in [0.1, 0.15) is 5.75 Å². The molecule has 1 fully saturated rings. The number of ether oxygens (including phenoxy) is 2. The Balaban J connectivity index is 1.46. The van der Waals surface area contributed by atoms with Crippen molar-refractivity contribution in [1.82, 2.24) is 9.78 Å². The number of aromatic nitrogens is 2. The number of rotatable bonds is 7.